The summed E-state index contributed by atoms with van der Waals surface area (Å²) in [7, 11) is 0. The second-order valence-electron chi connectivity index (χ2n) is 9.33. The van der Waals surface area contributed by atoms with Crippen molar-refractivity contribution in [2.75, 3.05) is 33.0 Å². The summed E-state index contributed by atoms with van der Waals surface area (Å²) in [5.74, 6) is 1.48. The van der Waals surface area contributed by atoms with Gasteiger partial charge >= 0.3 is 5.97 Å². The standard InChI is InChI=1S/C32H27FN2O6/c1-2-37-32(36)26-10-9-25(20-27(26)33)35-24(8-4-22-6-12-29-31(18-22)41-16-14-39-29)19-23(34-35)7-3-21-5-11-28-30(17-21)40-15-13-38-28/h3-12,17-20H,2,13-16H2,1H3/p+1/b7-3+,8-4+. The molecule has 0 saturated heterocycles. The zero-order valence-corrected chi connectivity index (χ0v) is 22.4. The van der Waals surface area contributed by atoms with Crippen LogP contribution in [-0.2, 0) is 4.74 Å². The van der Waals surface area contributed by atoms with Crippen LogP contribution in [0.1, 0.15) is 39.8 Å². The molecule has 2 aliphatic heterocycles. The summed E-state index contributed by atoms with van der Waals surface area (Å²) in [6, 6.07) is 17.8. The highest BCUT2D eigenvalue weighted by Gasteiger charge is 2.21. The Balaban J connectivity index is 1.33. The van der Waals surface area contributed by atoms with Crippen LogP contribution in [0, 0.1) is 5.82 Å². The minimum Gasteiger partial charge on any atom is -0.486 e. The van der Waals surface area contributed by atoms with Gasteiger partial charge in [-0.15, -0.1) is 0 Å². The van der Waals surface area contributed by atoms with Gasteiger partial charge in [0.25, 0.3) is 0 Å². The summed E-state index contributed by atoms with van der Waals surface area (Å²) in [5, 5.41) is 3.31. The van der Waals surface area contributed by atoms with Gasteiger partial charge in [0.15, 0.2) is 23.0 Å². The maximum absolute atomic E-state index is 15.0. The third kappa shape index (κ3) is 5.79. The minimum absolute atomic E-state index is 0.116. The molecule has 4 aromatic rings. The molecule has 0 unspecified atom stereocenters. The molecule has 0 radical (unpaired) electrons. The number of fused-ring (bicyclic) bond motifs is 2. The quantitative estimate of drug-likeness (QED) is 0.240. The Hall–Kier alpha value is -5.05. The number of esters is 1. The van der Waals surface area contributed by atoms with Crippen molar-refractivity contribution in [3.63, 3.8) is 0 Å². The fourth-order valence-electron chi connectivity index (χ4n) is 4.58. The van der Waals surface area contributed by atoms with Crippen LogP contribution in [0.5, 0.6) is 23.0 Å². The van der Waals surface area contributed by atoms with E-state index in [2.05, 4.69) is 5.10 Å². The van der Waals surface area contributed by atoms with Crippen molar-refractivity contribution in [1.29, 1.82) is 0 Å². The number of aromatic amines is 1. The lowest BCUT2D eigenvalue weighted by atomic mass is 10.1. The lowest BCUT2D eigenvalue weighted by molar-refractivity contribution is -0.657. The zero-order valence-electron chi connectivity index (χ0n) is 22.4. The summed E-state index contributed by atoms with van der Waals surface area (Å²) in [6.07, 6.45) is 7.73. The number of nitrogens with zero attached hydrogens (tertiary/aromatic N) is 1. The lowest BCUT2D eigenvalue weighted by Crippen LogP contribution is -2.35. The number of hydrogen-bond acceptors (Lipinski definition) is 6. The topological polar surface area (TPSA) is 82.9 Å². The van der Waals surface area contributed by atoms with Gasteiger partial charge in [-0.3, -0.25) is 0 Å². The van der Waals surface area contributed by atoms with E-state index in [4.69, 9.17) is 23.7 Å². The van der Waals surface area contributed by atoms with Crippen molar-refractivity contribution >= 4 is 30.3 Å². The maximum atomic E-state index is 15.0. The van der Waals surface area contributed by atoms with Crippen molar-refractivity contribution < 1.29 is 37.6 Å². The molecule has 3 heterocycles. The molecule has 2 aliphatic rings. The lowest BCUT2D eigenvalue weighted by Gasteiger charge is -2.18. The third-order valence-corrected chi connectivity index (χ3v) is 6.54. The molecule has 208 valence electrons. The SMILES string of the molecule is CCOC(=O)c1ccc(-[n+]2[nH]c(/C=C/c3ccc4c(c3)OCCO4)cc2/C=C/c2ccc3c(c2)OCCO3)cc1F. The van der Waals surface area contributed by atoms with E-state index >= 15 is 0 Å². The van der Waals surface area contributed by atoms with Gasteiger partial charge in [0.1, 0.15) is 37.9 Å². The molecule has 0 atom stereocenters. The Bertz CT molecular complexity index is 1660. The Kier molecular flexibility index (Phi) is 7.40. The molecule has 6 rings (SSSR count). The highest BCUT2D eigenvalue weighted by molar-refractivity contribution is 5.89. The normalized spacial score (nSPS) is 14.0. The Labute approximate surface area is 236 Å². The van der Waals surface area contributed by atoms with E-state index < -0.39 is 11.8 Å². The van der Waals surface area contributed by atoms with Crippen LogP contribution in [-0.4, -0.2) is 44.1 Å². The molecular weight excluding hydrogens is 527 g/mol. The first-order valence-corrected chi connectivity index (χ1v) is 13.3. The Morgan fingerprint density at radius 1 is 0.805 bits per heavy atom. The number of benzene rings is 3. The number of rotatable bonds is 7. The average Bonchev–Trinajstić information content (AvgIpc) is 3.42. The number of H-pyrrole nitrogens is 1. The summed E-state index contributed by atoms with van der Waals surface area (Å²) in [4.78, 5) is 12.1. The molecule has 0 fully saturated rings. The highest BCUT2D eigenvalue weighted by Crippen LogP contribution is 2.32. The van der Waals surface area contributed by atoms with Gasteiger partial charge in [0.2, 0.25) is 11.4 Å². The summed E-state index contributed by atoms with van der Waals surface area (Å²) < 4.78 is 44.3. The largest absolute Gasteiger partial charge is 0.486 e. The summed E-state index contributed by atoms with van der Waals surface area (Å²) >= 11 is 0. The van der Waals surface area contributed by atoms with Crippen molar-refractivity contribution in [2.24, 2.45) is 0 Å². The predicted octanol–water partition coefficient (Wildman–Crippen LogP) is 5.49. The molecule has 0 spiro atoms. The van der Waals surface area contributed by atoms with Gasteiger partial charge in [-0.1, -0.05) is 22.9 Å². The van der Waals surface area contributed by atoms with Gasteiger partial charge in [0, 0.05) is 24.3 Å². The minimum atomic E-state index is -0.699. The number of carbonyl (C=O) groups excluding carboxylic acids is 1. The Morgan fingerprint density at radius 3 is 2.02 bits per heavy atom. The van der Waals surface area contributed by atoms with Crippen molar-refractivity contribution in [3.05, 3.63) is 94.6 Å². The molecule has 0 saturated carbocycles. The van der Waals surface area contributed by atoms with Gasteiger partial charge in [-0.2, -0.15) is 5.10 Å². The van der Waals surface area contributed by atoms with Crippen LogP contribution in [0.15, 0.2) is 60.7 Å². The number of nitrogens with one attached hydrogen (secondary N) is 1. The molecule has 9 heteroatoms. The van der Waals surface area contributed by atoms with Crippen molar-refractivity contribution in [1.82, 2.24) is 5.10 Å². The van der Waals surface area contributed by atoms with Crippen LogP contribution in [0.4, 0.5) is 4.39 Å². The fourth-order valence-corrected chi connectivity index (χ4v) is 4.58. The van der Waals surface area contributed by atoms with Crippen molar-refractivity contribution in [3.8, 4) is 28.7 Å². The van der Waals surface area contributed by atoms with Gasteiger partial charge in [0.05, 0.1) is 12.2 Å². The van der Waals surface area contributed by atoms with E-state index in [9.17, 15) is 9.18 Å². The molecule has 3 aromatic carbocycles. The zero-order chi connectivity index (χ0) is 28.2. The average molecular weight is 556 g/mol. The smallest absolute Gasteiger partial charge is 0.341 e. The van der Waals surface area contributed by atoms with Crippen molar-refractivity contribution in [2.45, 2.75) is 6.92 Å². The number of hydrogen-bond donors (Lipinski definition) is 1. The van der Waals surface area contributed by atoms with E-state index in [1.807, 2.05) is 66.8 Å². The number of aromatic nitrogens is 2. The molecule has 0 aliphatic carbocycles. The second-order valence-corrected chi connectivity index (χ2v) is 9.33. The second kappa shape index (κ2) is 11.6. The predicted molar refractivity (Wildman–Crippen MR) is 151 cm³/mol. The number of halogens is 1. The van der Waals surface area contributed by atoms with Gasteiger partial charge in [-0.25, -0.2) is 9.18 Å². The van der Waals surface area contributed by atoms with Gasteiger partial charge < -0.3 is 23.7 Å². The molecule has 8 nitrogen and oxygen atoms in total. The number of ether oxygens (including phenoxy) is 5. The maximum Gasteiger partial charge on any atom is 0.341 e. The van der Waals surface area contributed by atoms with Crippen LogP contribution < -0.4 is 23.6 Å². The first-order chi connectivity index (χ1) is 20.1. The van der Waals surface area contributed by atoms with E-state index in [0.717, 1.165) is 28.3 Å². The first-order valence-electron chi connectivity index (χ1n) is 13.3. The monoisotopic (exact) mass is 555 g/mol. The summed E-state index contributed by atoms with van der Waals surface area (Å²) in [6.45, 7) is 3.93. The molecular formula is C32H28FN2O6+. The van der Waals surface area contributed by atoms with E-state index in [1.165, 1.54) is 12.1 Å². The van der Waals surface area contributed by atoms with Crippen LogP contribution in [0.25, 0.3) is 30.0 Å². The van der Waals surface area contributed by atoms with Gasteiger partial charge in [-0.05, 0) is 60.5 Å². The van der Waals surface area contributed by atoms with E-state index in [0.29, 0.717) is 49.4 Å². The van der Waals surface area contributed by atoms with Crippen LogP contribution >= 0.6 is 0 Å². The van der Waals surface area contributed by atoms with E-state index in [1.54, 1.807) is 17.7 Å². The molecule has 0 bridgehead atoms. The molecule has 41 heavy (non-hydrogen) atoms. The fraction of sp³-hybridized carbons (Fsp3) is 0.188. The third-order valence-electron chi connectivity index (χ3n) is 6.54. The molecule has 1 N–H and O–H groups in total. The molecule has 0 amide bonds. The highest BCUT2D eigenvalue weighted by atomic mass is 19.1. The van der Waals surface area contributed by atoms with Crippen LogP contribution in [0.3, 0.4) is 0 Å². The Morgan fingerprint density at radius 2 is 1.41 bits per heavy atom. The number of carbonyl (C=O) groups is 1. The van der Waals surface area contributed by atoms with Crippen LogP contribution in [0.2, 0.25) is 0 Å². The molecule has 1 aromatic heterocycles. The first kappa shape index (κ1) is 26.2. The van der Waals surface area contributed by atoms with E-state index in [-0.39, 0.29) is 12.2 Å². The summed E-state index contributed by atoms with van der Waals surface area (Å²) in [5.41, 5.74) is 3.78.